The van der Waals surface area contributed by atoms with Gasteiger partial charge in [0.1, 0.15) is 17.2 Å². The number of urea groups is 1. The van der Waals surface area contributed by atoms with Gasteiger partial charge in [0.15, 0.2) is 5.82 Å². The first kappa shape index (κ1) is 23.0. The first-order valence-corrected chi connectivity index (χ1v) is 12.3. The molecule has 2 unspecified atom stereocenters. The van der Waals surface area contributed by atoms with E-state index < -0.39 is 0 Å². The SMILES string of the molecule is CCC(C)n1ncc2nc(N3CCN(C(N)=O)CC3)nc(N[C@H](C)C3=CN4C=CC(C)=CC4N3)c21. The summed E-state index contributed by atoms with van der Waals surface area (Å²) in [6, 6.07) is -0.186. The molecule has 2 amide bonds. The number of carbonyl (C=O) groups is 1. The summed E-state index contributed by atoms with van der Waals surface area (Å²) in [5.41, 5.74) is 9.48. The highest BCUT2D eigenvalue weighted by atomic mass is 16.2. The Hall–Kier alpha value is -3.76. The van der Waals surface area contributed by atoms with Crippen molar-refractivity contribution in [3.63, 3.8) is 0 Å². The topological polar surface area (TPSA) is 120 Å². The summed E-state index contributed by atoms with van der Waals surface area (Å²) in [4.78, 5) is 27.3. The molecule has 2 aromatic heterocycles. The molecule has 5 rings (SSSR count). The molecule has 5 heterocycles. The second kappa shape index (κ2) is 9.12. The largest absolute Gasteiger partial charge is 0.362 e. The number of aromatic nitrogens is 4. The maximum Gasteiger partial charge on any atom is 0.314 e. The first-order valence-electron chi connectivity index (χ1n) is 12.3. The third-order valence-electron chi connectivity index (χ3n) is 6.99. The van der Waals surface area contributed by atoms with Gasteiger partial charge in [0, 0.05) is 44.6 Å². The lowest BCUT2D eigenvalue weighted by molar-refractivity contribution is 0.204. The lowest BCUT2D eigenvalue weighted by atomic mass is 10.2. The number of anilines is 2. The molecule has 0 saturated carbocycles. The maximum atomic E-state index is 11.5. The van der Waals surface area contributed by atoms with E-state index in [1.165, 1.54) is 5.57 Å². The number of primary amides is 1. The molecule has 1 fully saturated rings. The van der Waals surface area contributed by atoms with Crippen molar-refractivity contribution in [1.29, 1.82) is 0 Å². The van der Waals surface area contributed by atoms with Crippen LogP contribution in [0.25, 0.3) is 11.0 Å². The van der Waals surface area contributed by atoms with Crippen molar-refractivity contribution < 1.29 is 4.79 Å². The first-order chi connectivity index (χ1) is 16.8. The van der Waals surface area contributed by atoms with Crippen LogP contribution in [0.5, 0.6) is 0 Å². The van der Waals surface area contributed by atoms with Crippen LogP contribution in [0.15, 0.2) is 42.0 Å². The highest BCUT2D eigenvalue weighted by Crippen LogP contribution is 2.29. The standard InChI is InChI=1S/C24H34N10O/c1-5-16(3)34-21-18(13-26-34)29-24(32-10-8-31(9-11-32)23(25)35)30-22(21)27-17(4)19-14-33-7-6-15(2)12-20(33)28-19/h6-7,12-14,16-17,20,28H,5,8-11H2,1-4H3,(H2,25,35)(H,27,29,30)/t16?,17-,20?/m1/s1. The van der Waals surface area contributed by atoms with Gasteiger partial charge in [-0.15, -0.1) is 0 Å². The average molecular weight is 479 g/mol. The zero-order valence-corrected chi connectivity index (χ0v) is 20.8. The van der Waals surface area contributed by atoms with Crippen molar-refractivity contribution in [1.82, 2.24) is 34.9 Å². The van der Waals surface area contributed by atoms with E-state index in [9.17, 15) is 4.79 Å². The highest BCUT2D eigenvalue weighted by molar-refractivity contribution is 5.87. The quantitative estimate of drug-likeness (QED) is 0.579. The van der Waals surface area contributed by atoms with Crippen molar-refractivity contribution in [2.75, 3.05) is 36.4 Å². The molecule has 3 aliphatic rings. The minimum Gasteiger partial charge on any atom is -0.362 e. The molecule has 0 aromatic carbocycles. The Morgan fingerprint density at radius 2 is 2.03 bits per heavy atom. The van der Waals surface area contributed by atoms with Gasteiger partial charge in [-0.25, -0.2) is 9.78 Å². The molecular formula is C24H34N10O. The van der Waals surface area contributed by atoms with Gasteiger partial charge in [-0.1, -0.05) is 6.92 Å². The van der Waals surface area contributed by atoms with E-state index >= 15 is 0 Å². The Balaban J connectivity index is 1.45. The number of hydrogen-bond donors (Lipinski definition) is 3. The molecule has 2 aromatic rings. The number of nitrogens with one attached hydrogen (secondary N) is 2. The molecule has 0 radical (unpaired) electrons. The summed E-state index contributed by atoms with van der Waals surface area (Å²) in [7, 11) is 0. The van der Waals surface area contributed by atoms with Gasteiger partial charge in [0.05, 0.1) is 17.9 Å². The number of nitrogens with two attached hydrogens (primary N) is 1. The van der Waals surface area contributed by atoms with E-state index in [1.807, 2.05) is 10.9 Å². The van der Waals surface area contributed by atoms with Crippen molar-refractivity contribution in [3.8, 4) is 0 Å². The number of nitrogens with zero attached hydrogens (tertiary/aromatic N) is 7. The fourth-order valence-electron chi connectivity index (χ4n) is 4.64. The maximum absolute atomic E-state index is 11.5. The Labute approximate surface area is 205 Å². The zero-order valence-electron chi connectivity index (χ0n) is 20.8. The van der Waals surface area contributed by atoms with E-state index in [4.69, 9.17) is 15.7 Å². The van der Waals surface area contributed by atoms with Crippen molar-refractivity contribution in [2.24, 2.45) is 5.73 Å². The van der Waals surface area contributed by atoms with Gasteiger partial charge in [-0.3, -0.25) is 4.68 Å². The summed E-state index contributed by atoms with van der Waals surface area (Å²) in [5, 5.41) is 11.9. The van der Waals surface area contributed by atoms with E-state index in [0.717, 1.165) is 29.0 Å². The number of rotatable bonds is 6. The molecule has 0 bridgehead atoms. The molecule has 0 aliphatic carbocycles. The minimum atomic E-state index is -0.388. The molecule has 11 heteroatoms. The van der Waals surface area contributed by atoms with Gasteiger partial charge in [-0.2, -0.15) is 10.1 Å². The van der Waals surface area contributed by atoms with Crippen LogP contribution in [0, 0.1) is 0 Å². The molecule has 3 aliphatic heterocycles. The van der Waals surface area contributed by atoms with Crippen LogP contribution in [0.4, 0.5) is 16.6 Å². The fraction of sp³-hybridized carbons (Fsp3) is 0.500. The van der Waals surface area contributed by atoms with Crippen LogP contribution in [-0.4, -0.2) is 74.0 Å². The van der Waals surface area contributed by atoms with Crippen LogP contribution in [0.3, 0.4) is 0 Å². The zero-order chi connectivity index (χ0) is 24.7. The Bertz CT molecular complexity index is 1210. The number of amides is 2. The molecular weight excluding hydrogens is 444 g/mol. The lowest BCUT2D eigenvalue weighted by Crippen LogP contribution is -2.51. The van der Waals surface area contributed by atoms with Gasteiger partial charge in [-0.05, 0) is 44.9 Å². The van der Waals surface area contributed by atoms with Crippen molar-refractivity contribution in [2.45, 2.75) is 52.4 Å². The summed E-state index contributed by atoms with van der Waals surface area (Å²) >= 11 is 0. The molecule has 35 heavy (non-hydrogen) atoms. The molecule has 186 valence electrons. The molecule has 4 N–H and O–H groups in total. The van der Waals surface area contributed by atoms with Gasteiger partial charge in [0.2, 0.25) is 5.95 Å². The van der Waals surface area contributed by atoms with Crippen LogP contribution in [0.1, 0.15) is 40.2 Å². The summed E-state index contributed by atoms with van der Waals surface area (Å²) in [6.07, 6.45) is 11.4. The molecule has 3 atom stereocenters. The Morgan fingerprint density at radius 1 is 1.26 bits per heavy atom. The van der Waals surface area contributed by atoms with Crippen LogP contribution < -0.4 is 21.3 Å². The van der Waals surface area contributed by atoms with Crippen LogP contribution in [0.2, 0.25) is 0 Å². The molecule has 0 spiro atoms. The second-order valence-electron chi connectivity index (χ2n) is 9.48. The second-order valence-corrected chi connectivity index (χ2v) is 9.48. The summed E-state index contributed by atoms with van der Waals surface area (Å²) in [5.74, 6) is 1.38. The van der Waals surface area contributed by atoms with Gasteiger partial charge >= 0.3 is 6.03 Å². The van der Waals surface area contributed by atoms with E-state index in [0.29, 0.717) is 32.1 Å². The Morgan fingerprint density at radius 3 is 2.74 bits per heavy atom. The number of allylic oxidation sites excluding steroid dienone is 2. The third-order valence-corrected chi connectivity index (χ3v) is 6.99. The number of carbonyl (C=O) groups excluding carboxylic acids is 1. The minimum absolute atomic E-state index is 0.0133. The molecule has 1 saturated heterocycles. The average Bonchev–Trinajstić information content (AvgIpc) is 3.48. The number of hydrogen-bond acceptors (Lipinski definition) is 8. The fourth-order valence-corrected chi connectivity index (χ4v) is 4.64. The summed E-state index contributed by atoms with van der Waals surface area (Å²) < 4.78 is 2.01. The van der Waals surface area contributed by atoms with Gasteiger partial charge < -0.3 is 31.1 Å². The molecule has 11 nitrogen and oxygen atoms in total. The van der Waals surface area contributed by atoms with E-state index in [2.05, 4.69) is 77.8 Å². The predicted molar refractivity (Wildman–Crippen MR) is 137 cm³/mol. The highest BCUT2D eigenvalue weighted by Gasteiger charge is 2.28. The van der Waals surface area contributed by atoms with Crippen LogP contribution >= 0.6 is 0 Å². The number of fused-ring (bicyclic) bond motifs is 2. The summed E-state index contributed by atoms with van der Waals surface area (Å²) in [6.45, 7) is 10.9. The van der Waals surface area contributed by atoms with Crippen molar-refractivity contribution >= 4 is 28.8 Å². The smallest absolute Gasteiger partial charge is 0.314 e. The third kappa shape index (κ3) is 4.38. The monoisotopic (exact) mass is 478 g/mol. The number of piperazine rings is 1. The van der Waals surface area contributed by atoms with Crippen LogP contribution in [-0.2, 0) is 0 Å². The Kier molecular flexibility index (Phi) is 6.00. The lowest BCUT2D eigenvalue weighted by Gasteiger charge is -2.34. The van der Waals surface area contributed by atoms with Gasteiger partial charge in [0.25, 0.3) is 0 Å². The normalized spacial score (nSPS) is 21.4. The predicted octanol–water partition coefficient (Wildman–Crippen LogP) is 2.34. The van der Waals surface area contributed by atoms with Crippen molar-refractivity contribution in [3.05, 3.63) is 42.0 Å². The van der Waals surface area contributed by atoms with E-state index in [1.54, 1.807) is 4.90 Å². The van der Waals surface area contributed by atoms with E-state index in [-0.39, 0.29) is 24.3 Å².